The lowest BCUT2D eigenvalue weighted by Gasteiger charge is -2.34. The van der Waals surface area contributed by atoms with Crippen LogP contribution in [0.25, 0.3) is 5.69 Å². The van der Waals surface area contributed by atoms with Crippen molar-refractivity contribution in [2.45, 2.75) is 13.5 Å². The second-order valence-electron chi connectivity index (χ2n) is 7.16. The number of halogens is 2. The molecule has 2 heterocycles. The maximum Gasteiger partial charge on any atom is 0.257 e. The highest BCUT2D eigenvalue weighted by Crippen LogP contribution is 2.22. The lowest BCUT2D eigenvalue weighted by atomic mass is 10.1. The number of hydrogen-bond acceptors (Lipinski definition) is 3. The highest BCUT2D eigenvalue weighted by molar-refractivity contribution is 6.31. The maximum atomic E-state index is 14.0. The Labute approximate surface area is 174 Å². The van der Waals surface area contributed by atoms with Crippen LogP contribution in [0.1, 0.15) is 21.6 Å². The van der Waals surface area contributed by atoms with Crippen LogP contribution in [0.2, 0.25) is 5.02 Å². The fraction of sp³-hybridized carbons (Fsp3) is 0.273. The summed E-state index contributed by atoms with van der Waals surface area (Å²) in [7, 11) is 0. The van der Waals surface area contributed by atoms with Gasteiger partial charge in [-0.2, -0.15) is 5.10 Å². The Morgan fingerprint density at radius 3 is 2.48 bits per heavy atom. The first-order valence-electron chi connectivity index (χ1n) is 9.59. The van der Waals surface area contributed by atoms with Gasteiger partial charge < -0.3 is 4.90 Å². The zero-order valence-electron chi connectivity index (χ0n) is 16.2. The average molecular weight is 413 g/mol. The van der Waals surface area contributed by atoms with Crippen molar-refractivity contribution in [3.05, 3.63) is 82.4 Å². The van der Waals surface area contributed by atoms with Gasteiger partial charge in [0.25, 0.3) is 5.91 Å². The quantitative estimate of drug-likeness (QED) is 0.652. The van der Waals surface area contributed by atoms with Gasteiger partial charge in [0.1, 0.15) is 5.82 Å². The Morgan fingerprint density at radius 1 is 1.07 bits per heavy atom. The highest BCUT2D eigenvalue weighted by atomic mass is 35.5. The fourth-order valence-corrected chi connectivity index (χ4v) is 3.86. The summed E-state index contributed by atoms with van der Waals surface area (Å²) >= 11 is 6.14. The number of amides is 1. The molecule has 4 rings (SSSR count). The lowest BCUT2D eigenvalue weighted by Crippen LogP contribution is -2.48. The van der Waals surface area contributed by atoms with Crippen LogP contribution in [0.3, 0.4) is 0 Å². The Morgan fingerprint density at radius 2 is 1.79 bits per heavy atom. The molecule has 0 N–H and O–H groups in total. The molecule has 1 aromatic heterocycles. The molecule has 0 radical (unpaired) electrons. The number of para-hydroxylation sites is 1. The van der Waals surface area contributed by atoms with Gasteiger partial charge in [0.15, 0.2) is 0 Å². The van der Waals surface area contributed by atoms with Gasteiger partial charge in [-0.25, -0.2) is 9.07 Å². The van der Waals surface area contributed by atoms with Crippen molar-refractivity contribution in [2.75, 3.05) is 26.2 Å². The summed E-state index contributed by atoms with van der Waals surface area (Å²) in [5.41, 5.74) is 2.87. The monoisotopic (exact) mass is 412 g/mol. The molecular formula is C22H22ClFN4O. The van der Waals surface area contributed by atoms with Crippen molar-refractivity contribution in [1.82, 2.24) is 19.6 Å². The molecule has 1 amide bonds. The molecule has 1 fully saturated rings. The smallest absolute Gasteiger partial charge is 0.257 e. The van der Waals surface area contributed by atoms with E-state index in [-0.39, 0.29) is 11.7 Å². The SMILES string of the molecule is Cc1c(C(=O)N2CCN(Cc3c(F)cccc3Cl)CC2)cnn1-c1ccccc1. The molecule has 1 saturated heterocycles. The van der Waals surface area contributed by atoms with Gasteiger partial charge in [0.2, 0.25) is 0 Å². The molecule has 5 nitrogen and oxygen atoms in total. The van der Waals surface area contributed by atoms with Crippen LogP contribution < -0.4 is 0 Å². The van der Waals surface area contributed by atoms with E-state index in [1.54, 1.807) is 23.0 Å². The molecule has 2 aromatic carbocycles. The Hall–Kier alpha value is -2.70. The third-order valence-electron chi connectivity index (χ3n) is 5.34. The van der Waals surface area contributed by atoms with E-state index in [2.05, 4.69) is 10.00 Å². The fourth-order valence-electron chi connectivity index (χ4n) is 3.64. The van der Waals surface area contributed by atoms with Gasteiger partial charge in [0.05, 0.1) is 23.1 Å². The van der Waals surface area contributed by atoms with Crippen LogP contribution in [0.4, 0.5) is 4.39 Å². The van der Waals surface area contributed by atoms with Gasteiger partial charge in [-0.05, 0) is 31.2 Å². The van der Waals surface area contributed by atoms with Crippen molar-refractivity contribution in [3.63, 3.8) is 0 Å². The number of hydrogen-bond donors (Lipinski definition) is 0. The van der Waals surface area contributed by atoms with E-state index < -0.39 is 0 Å². The number of benzene rings is 2. The van der Waals surface area contributed by atoms with Crippen LogP contribution in [0.15, 0.2) is 54.7 Å². The van der Waals surface area contributed by atoms with Gasteiger partial charge in [-0.1, -0.05) is 35.9 Å². The second kappa shape index (κ2) is 8.35. The van der Waals surface area contributed by atoms with Crippen LogP contribution >= 0.6 is 11.6 Å². The lowest BCUT2D eigenvalue weighted by molar-refractivity contribution is 0.0626. The largest absolute Gasteiger partial charge is 0.336 e. The van der Waals surface area contributed by atoms with Gasteiger partial charge in [-0.3, -0.25) is 9.69 Å². The third-order valence-corrected chi connectivity index (χ3v) is 5.70. The van der Waals surface area contributed by atoms with E-state index in [1.807, 2.05) is 42.2 Å². The molecule has 0 spiro atoms. The molecule has 0 saturated carbocycles. The molecule has 0 atom stereocenters. The standard InChI is InChI=1S/C22H22ClFN4O/c1-16-18(14-25-28(16)17-6-3-2-4-7-17)22(29)27-12-10-26(11-13-27)15-19-20(23)8-5-9-21(19)24/h2-9,14H,10-13,15H2,1H3. The van der Waals surface area contributed by atoms with Crippen LogP contribution in [0, 0.1) is 12.7 Å². The Balaban J connectivity index is 1.42. The number of carbonyl (C=O) groups is 1. The zero-order chi connectivity index (χ0) is 20.4. The molecular weight excluding hydrogens is 391 g/mol. The van der Waals surface area contributed by atoms with E-state index >= 15 is 0 Å². The topological polar surface area (TPSA) is 41.4 Å². The normalized spacial score (nSPS) is 14.9. The average Bonchev–Trinajstić information content (AvgIpc) is 3.13. The van der Waals surface area contributed by atoms with Crippen molar-refractivity contribution < 1.29 is 9.18 Å². The highest BCUT2D eigenvalue weighted by Gasteiger charge is 2.26. The van der Waals surface area contributed by atoms with Crippen LogP contribution in [-0.2, 0) is 6.54 Å². The van der Waals surface area contributed by atoms with E-state index in [0.29, 0.717) is 48.9 Å². The minimum atomic E-state index is -0.292. The number of piperazine rings is 1. The minimum Gasteiger partial charge on any atom is -0.336 e. The first-order valence-corrected chi connectivity index (χ1v) is 9.97. The number of aromatic nitrogens is 2. The number of carbonyl (C=O) groups excluding carboxylic acids is 1. The summed E-state index contributed by atoms with van der Waals surface area (Å²) in [4.78, 5) is 17.0. The third kappa shape index (κ3) is 4.04. The summed E-state index contributed by atoms with van der Waals surface area (Å²) in [5, 5.41) is 4.83. The van der Waals surface area contributed by atoms with Crippen molar-refractivity contribution in [1.29, 1.82) is 0 Å². The Bertz CT molecular complexity index is 993. The maximum absolute atomic E-state index is 14.0. The summed E-state index contributed by atoms with van der Waals surface area (Å²) < 4.78 is 15.8. The van der Waals surface area contributed by atoms with Gasteiger partial charge in [0, 0.05) is 43.3 Å². The molecule has 1 aliphatic rings. The van der Waals surface area contributed by atoms with Gasteiger partial charge in [-0.15, -0.1) is 0 Å². The second-order valence-corrected chi connectivity index (χ2v) is 7.57. The molecule has 1 aliphatic heterocycles. The summed E-state index contributed by atoms with van der Waals surface area (Å²) in [5.74, 6) is -0.312. The number of rotatable bonds is 4. The van der Waals surface area contributed by atoms with E-state index in [4.69, 9.17) is 11.6 Å². The predicted molar refractivity (Wildman–Crippen MR) is 111 cm³/mol. The zero-order valence-corrected chi connectivity index (χ0v) is 16.9. The molecule has 7 heteroatoms. The first kappa shape index (κ1) is 19.6. The molecule has 150 valence electrons. The van der Waals surface area contributed by atoms with Crippen LogP contribution in [0.5, 0.6) is 0 Å². The van der Waals surface area contributed by atoms with E-state index in [9.17, 15) is 9.18 Å². The predicted octanol–water partition coefficient (Wildman–Crippen LogP) is 3.93. The summed E-state index contributed by atoms with van der Waals surface area (Å²) in [6.45, 7) is 4.86. The summed E-state index contributed by atoms with van der Waals surface area (Å²) in [6, 6.07) is 14.5. The Kier molecular flexibility index (Phi) is 5.65. The molecule has 3 aromatic rings. The van der Waals surface area contributed by atoms with Crippen LogP contribution in [-0.4, -0.2) is 51.7 Å². The molecule has 29 heavy (non-hydrogen) atoms. The van der Waals surface area contributed by atoms with Crippen molar-refractivity contribution in [2.24, 2.45) is 0 Å². The summed E-state index contributed by atoms with van der Waals surface area (Å²) in [6.07, 6.45) is 1.64. The van der Waals surface area contributed by atoms with Crippen molar-refractivity contribution in [3.8, 4) is 5.69 Å². The number of nitrogens with zero attached hydrogens (tertiary/aromatic N) is 4. The van der Waals surface area contributed by atoms with E-state index in [1.165, 1.54) is 6.07 Å². The van der Waals surface area contributed by atoms with Gasteiger partial charge >= 0.3 is 0 Å². The van der Waals surface area contributed by atoms with E-state index in [0.717, 1.165) is 11.4 Å². The molecule has 0 bridgehead atoms. The molecule has 0 unspecified atom stereocenters. The molecule has 0 aliphatic carbocycles. The van der Waals surface area contributed by atoms with Crippen molar-refractivity contribution >= 4 is 17.5 Å². The minimum absolute atomic E-state index is 0.0201. The first-order chi connectivity index (χ1) is 14.0.